The van der Waals surface area contributed by atoms with Gasteiger partial charge in [-0.05, 0) is 12.8 Å². The van der Waals surface area contributed by atoms with Crippen molar-refractivity contribution in [3.63, 3.8) is 0 Å². The molecule has 21 heavy (non-hydrogen) atoms. The van der Waals surface area contributed by atoms with Gasteiger partial charge in [0.1, 0.15) is 6.61 Å². The molecule has 2 N–H and O–H groups in total. The highest BCUT2D eigenvalue weighted by molar-refractivity contribution is 8.21. The minimum atomic E-state index is -0.639. The lowest BCUT2D eigenvalue weighted by Crippen LogP contribution is -2.22. The first kappa shape index (κ1) is 17.3. The van der Waals surface area contributed by atoms with Crippen molar-refractivity contribution in [2.45, 2.75) is 80.0 Å². The first-order chi connectivity index (χ1) is 10.2. The second kappa shape index (κ2) is 9.19. The van der Waals surface area contributed by atoms with Crippen LogP contribution in [0.4, 0.5) is 4.79 Å². The zero-order chi connectivity index (χ0) is 15.0. The molecule has 2 aliphatic rings. The molecular formula is C16H29NO2S2. The molecule has 2 rings (SSSR count). The maximum Gasteiger partial charge on any atom is 0.404 e. The molecule has 0 radical (unpaired) electrons. The fourth-order valence-corrected chi connectivity index (χ4v) is 7.08. The number of carbonyl (C=O) groups excluding carboxylic acids is 1. The molecule has 5 heteroatoms. The number of hydrogen-bond donors (Lipinski definition) is 1. The molecule has 1 atom stereocenters. The fourth-order valence-electron chi connectivity index (χ4n) is 3.29. The zero-order valence-corrected chi connectivity index (χ0v) is 14.6. The van der Waals surface area contributed by atoms with Gasteiger partial charge in [-0.15, -0.1) is 23.5 Å². The average Bonchev–Trinajstić information content (AvgIpc) is 2.85. The predicted molar refractivity (Wildman–Crippen MR) is 92.9 cm³/mol. The summed E-state index contributed by atoms with van der Waals surface area (Å²) in [5, 5.41) is 0.426. The Balaban J connectivity index is 1.83. The van der Waals surface area contributed by atoms with E-state index < -0.39 is 6.09 Å². The first-order valence-corrected chi connectivity index (χ1v) is 10.3. The largest absolute Gasteiger partial charge is 0.448 e. The lowest BCUT2D eigenvalue weighted by molar-refractivity contribution is 0.159. The lowest BCUT2D eigenvalue weighted by atomic mass is 10.0. The highest BCUT2D eigenvalue weighted by Gasteiger charge is 2.40. The SMILES string of the molecule is NC(=O)OCC1CSC2(CCCCCCCCCCC2)S1. The molecule has 0 aromatic heterocycles. The van der Waals surface area contributed by atoms with Crippen molar-refractivity contribution >= 4 is 29.6 Å². The van der Waals surface area contributed by atoms with Crippen molar-refractivity contribution in [2.75, 3.05) is 12.4 Å². The van der Waals surface area contributed by atoms with E-state index in [1.165, 1.54) is 70.6 Å². The van der Waals surface area contributed by atoms with Crippen molar-refractivity contribution in [3.05, 3.63) is 0 Å². The minimum absolute atomic E-state index is 0.380. The Morgan fingerprint density at radius 3 is 2.05 bits per heavy atom. The Kier molecular flexibility index (Phi) is 7.58. The van der Waals surface area contributed by atoms with Gasteiger partial charge in [0.2, 0.25) is 0 Å². The van der Waals surface area contributed by atoms with Gasteiger partial charge in [0.25, 0.3) is 0 Å². The monoisotopic (exact) mass is 331 g/mol. The van der Waals surface area contributed by atoms with Crippen LogP contribution in [0.2, 0.25) is 0 Å². The summed E-state index contributed by atoms with van der Waals surface area (Å²) in [6.45, 7) is 0.481. The van der Waals surface area contributed by atoms with E-state index >= 15 is 0 Å². The number of carbonyl (C=O) groups is 1. The highest BCUT2D eigenvalue weighted by atomic mass is 32.2. The number of hydrogen-bond acceptors (Lipinski definition) is 4. The molecule has 2 fully saturated rings. The molecule has 1 amide bonds. The second-order valence-corrected chi connectivity index (χ2v) is 9.62. The van der Waals surface area contributed by atoms with Crippen LogP contribution in [0.3, 0.4) is 0 Å². The van der Waals surface area contributed by atoms with Crippen LogP contribution in [-0.4, -0.2) is 27.8 Å². The third-order valence-electron chi connectivity index (χ3n) is 4.44. The first-order valence-electron chi connectivity index (χ1n) is 8.44. The molecule has 0 bridgehead atoms. The summed E-state index contributed by atoms with van der Waals surface area (Å²) in [7, 11) is 0. The van der Waals surface area contributed by atoms with E-state index in [9.17, 15) is 4.79 Å². The number of amides is 1. The number of ether oxygens (including phenoxy) is 1. The normalized spacial score (nSPS) is 27.7. The number of primary amides is 1. The van der Waals surface area contributed by atoms with E-state index in [4.69, 9.17) is 10.5 Å². The van der Waals surface area contributed by atoms with Crippen LogP contribution in [0, 0.1) is 0 Å². The van der Waals surface area contributed by atoms with Crippen LogP contribution in [0.25, 0.3) is 0 Å². The van der Waals surface area contributed by atoms with Gasteiger partial charge in [-0.25, -0.2) is 4.79 Å². The number of rotatable bonds is 2. The third-order valence-corrected chi connectivity index (χ3v) is 8.27. The third kappa shape index (κ3) is 6.31. The van der Waals surface area contributed by atoms with E-state index in [0.29, 0.717) is 15.9 Å². The van der Waals surface area contributed by atoms with Gasteiger partial charge < -0.3 is 10.5 Å². The summed E-state index contributed by atoms with van der Waals surface area (Å²) in [6, 6.07) is 0. The van der Waals surface area contributed by atoms with Crippen molar-refractivity contribution in [2.24, 2.45) is 5.73 Å². The molecule has 1 saturated carbocycles. The molecule has 1 saturated heterocycles. The Labute approximate surface area is 137 Å². The van der Waals surface area contributed by atoms with Gasteiger partial charge in [-0.3, -0.25) is 0 Å². The van der Waals surface area contributed by atoms with E-state index in [2.05, 4.69) is 23.5 Å². The molecule has 1 spiro atoms. The highest BCUT2D eigenvalue weighted by Crippen LogP contribution is 2.54. The molecule has 122 valence electrons. The van der Waals surface area contributed by atoms with Crippen LogP contribution in [0.1, 0.15) is 70.6 Å². The molecule has 1 aliphatic heterocycles. The van der Waals surface area contributed by atoms with E-state index in [1.807, 2.05) is 0 Å². The van der Waals surface area contributed by atoms with E-state index in [0.717, 1.165) is 5.75 Å². The molecule has 1 aliphatic carbocycles. The predicted octanol–water partition coefficient (Wildman–Crippen LogP) is 4.93. The quantitative estimate of drug-likeness (QED) is 0.779. The van der Waals surface area contributed by atoms with Gasteiger partial charge in [0.05, 0.1) is 4.08 Å². The molecule has 0 aromatic carbocycles. The maximum atomic E-state index is 10.8. The average molecular weight is 332 g/mol. The summed E-state index contributed by atoms with van der Waals surface area (Å²) < 4.78 is 5.38. The van der Waals surface area contributed by atoms with Crippen molar-refractivity contribution < 1.29 is 9.53 Å². The second-order valence-electron chi connectivity index (χ2n) is 6.27. The Morgan fingerprint density at radius 1 is 1.00 bits per heavy atom. The summed E-state index contributed by atoms with van der Waals surface area (Å²) in [6.07, 6.45) is 14.5. The van der Waals surface area contributed by atoms with E-state index in [-0.39, 0.29) is 0 Å². The zero-order valence-electron chi connectivity index (χ0n) is 13.0. The Bertz CT molecular complexity index is 313. The van der Waals surface area contributed by atoms with Crippen molar-refractivity contribution in [3.8, 4) is 0 Å². The van der Waals surface area contributed by atoms with Crippen molar-refractivity contribution in [1.82, 2.24) is 0 Å². The molecule has 1 heterocycles. The number of nitrogens with two attached hydrogens (primary N) is 1. The summed E-state index contributed by atoms with van der Waals surface area (Å²) >= 11 is 4.16. The van der Waals surface area contributed by atoms with Crippen LogP contribution in [0.15, 0.2) is 0 Å². The Morgan fingerprint density at radius 2 is 1.52 bits per heavy atom. The van der Waals surface area contributed by atoms with Gasteiger partial charge in [-0.2, -0.15) is 0 Å². The topological polar surface area (TPSA) is 52.3 Å². The summed E-state index contributed by atoms with van der Waals surface area (Å²) in [4.78, 5) is 10.8. The summed E-state index contributed by atoms with van der Waals surface area (Å²) in [5.74, 6) is 1.10. The fraction of sp³-hybridized carbons (Fsp3) is 0.938. The smallest absolute Gasteiger partial charge is 0.404 e. The maximum absolute atomic E-state index is 10.8. The van der Waals surface area contributed by atoms with Gasteiger partial charge in [-0.1, -0.05) is 57.8 Å². The lowest BCUT2D eigenvalue weighted by Gasteiger charge is -2.28. The van der Waals surface area contributed by atoms with Crippen LogP contribution in [-0.2, 0) is 4.74 Å². The van der Waals surface area contributed by atoms with Crippen molar-refractivity contribution in [1.29, 1.82) is 0 Å². The standard InChI is InChI=1S/C16H29NO2S2/c17-15(18)19-12-14-13-20-16(21-14)10-8-6-4-2-1-3-5-7-9-11-16/h14H,1-13H2,(H2,17,18). The van der Waals surface area contributed by atoms with Gasteiger partial charge in [0.15, 0.2) is 0 Å². The van der Waals surface area contributed by atoms with Gasteiger partial charge >= 0.3 is 6.09 Å². The van der Waals surface area contributed by atoms with Crippen LogP contribution < -0.4 is 5.73 Å². The molecular weight excluding hydrogens is 302 g/mol. The number of thioether (sulfide) groups is 2. The Hall–Kier alpha value is -0.0300. The van der Waals surface area contributed by atoms with E-state index in [1.54, 1.807) is 0 Å². The van der Waals surface area contributed by atoms with Crippen LogP contribution >= 0.6 is 23.5 Å². The molecule has 3 nitrogen and oxygen atoms in total. The minimum Gasteiger partial charge on any atom is -0.448 e. The summed E-state index contributed by atoms with van der Waals surface area (Å²) in [5.41, 5.74) is 5.08. The van der Waals surface area contributed by atoms with Crippen LogP contribution in [0.5, 0.6) is 0 Å². The molecule has 1 unspecified atom stereocenters. The van der Waals surface area contributed by atoms with Gasteiger partial charge in [0, 0.05) is 11.0 Å². The molecule has 0 aromatic rings.